The second-order valence-electron chi connectivity index (χ2n) is 14.4. The highest BCUT2D eigenvalue weighted by Gasteiger charge is 2.27. The second kappa shape index (κ2) is 9.81. The van der Waals surface area contributed by atoms with Gasteiger partial charge in [0.15, 0.2) is 0 Å². The molecular weight excluding hydrogens is 645 g/mol. The summed E-state index contributed by atoms with van der Waals surface area (Å²) in [5.41, 5.74) is 14.1. The third-order valence-electron chi connectivity index (χ3n) is 11.8. The van der Waals surface area contributed by atoms with Gasteiger partial charge in [-0.05, 0) is 86.9 Å². The van der Waals surface area contributed by atoms with Gasteiger partial charge in [-0.1, -0.05) is 121 Å². The van der Waals surface area contributed by atoms with Crippen molar-refractivity contribution in [1.29, 1.82) is 0 Å². The summed E-state index contributed by atoms with van der Waals surface area (Å²) in [6.07, 6.45) is 0. The van der Waals surface area contributed by atoms with Crippen molar-refractivity contribution in [3.63, 3.8) is 0 Å². The zero-order chi connectivity index (χ0) is 34.4. The van der Waals surface area contributed by atoms with Crippen LogP contribution in [0.25, 0.3) is 121 Å². The van der Waals surface area contributed by atoms with Crippen LogP contribution in [0.2, 0.25) is 0 Å². The molecule has 0 saturated carbocycles. The predicted octanol–water partition coefficient (Wildman–Crippen LogP) is 13.7. The first-order valence-corrected chi connectivity index (χ1v) is 18.3. The fraction of sp³-hybridized carbons (Fsp3) is 0. The van der Waals surface area contributed by atoms with Gasteiger partial charge in [-0.25, -0.2) is 0 Å². The van der Waals surface area contributed by atoms with Gasteiger partial charge in [-0.2, -0.15) is 0 Å². The Morgan fingerprint density at radius 1 is 0.340 bits per heavy atom. The van der Waals surface area contributed by atoms with Crippen LogP contribution in [-0.2, 0) is 0 Å². The highest BCUT2D eigenvalue weighted by atomic mass is 16.3. The molecule has 0 saturated heterocycles. The molecule has 3 heteroatoms. The summed E-state index contributed by atoms with van der Waals surface area (Å²) >= 11 is 0. The van der Waals surface area contributed by atoms with Gasteiger partial charge in [0.05, 0.1) is 33.1 Å². The lowest BCUT2D eigenvalue weighted by atomic mass is 10.0. The Labute approximate surface area is 303 Å². The minimum Gasteiger partial charge on any atom is -0.456 e. The number of nitrogens with zero attached hydrogens (tertiary/aromatic N) is 2. The predicted molar refractivity (Wildman–Crippen MR) is 222 cm³/mol. The van der Waals surface area contributed by atoms with Crippen LogP contribution >= 0.6 is 0 Å². The number of aromatic nitrogens is 2. The van der Waals surface area contributed by atoms with Gasteiger partial charge >= 0.3 is 0 Å². The van der Waals surface area contributed by atoms with Crippen LogP contribution in [0.3, 0.4) is 0 Å². The highest BCUT2D eigenvalue weighted by Crippen LogP contribution is 2.50. The molecule has 0 aliphatic heterocycles. The Bertz CT molecular complexity index is 3570. The minimum absolute atomic E-state index is 0.898. The van der Waals surface area contributed by atoms with E-state index in [9.17, 15) is 0 Å². The van der Waals surface area contributed by atoms with Crippen LogP contribution in [0.4, 0.5) is 0 Å². The quantitative estimate of drug-likeness (QED) is 0.179. The van der Waals surface area contributed by atoms with E-state index in [1.54, 1.807) is 0 Å². The molecule has 13 rings (SSSR count). The van der Waals surface area contributed by atoms with Gasteiger partial charge in [0.1, 0.15) is 11.2 Å². The Hall–Kier alpha value is -7.10. The third kappa shape index (κ3) is 3.44. The lowest BCUT2D eigenvalue weighted by molar-refractivity contribution is 0.669. The van der Waals surface area contributed by atoms with Gasteiger partial charge in [0, 0.05) is 38.0 Å². The maximum Gasteiger partial charge on any atom is 0.137 e. The largest absolute Gasteiger partial charge is 0.456 e. The fourth-order valence-corrected chi connectivity index (χ4v) is 9.70. The van der Waals surface area contributed by atoms with Gasteiger partial charge in [0.2, 0.25) is 0 Å². The van der Waals surface area contributed by atoms with E-state index in [0.717, 1.165) is 27.6 Å². The molecule has 3 nitrogen and oxygen atoms in total. The third-order valence-corrected chi connectivity index (χ3v) is 11.8. The number of para-hydroxylation sites is 2. The maximum atomic E-state index is 6.56. The summed E-state index contributed by atoms with van der Waals surface area (Å²) < 4.78 is 11.6. The number of fused-ring (bicyclic) bond motifs is 15. The summed E-state index contributed by atoms with van der Waals surface area (Å²) in [4.78, 5) is 0. The van der Waals surface area contributed by atoms with E-state index in [-0.39, 0.29) is 0 Å². The average molecular weight is 673 g/mol. The summed E-state index contributed by atoms with van der Waals surface area (Å²) in [5, 5.41) is 12.2. The number of hydrogen-bond donors (Lipinski definition) is 0. The van der Waals surface area contributed by atoms with Gasteiger partial charge in [-0.15, -0.1) is 0 Å². The summed E-state index contributed by atoms with van der Waals surface area (Å²) in [6.45, 7) is 0. The van der Waals surface area contributed by atoms with E-state index in [0.29, 0.717) is 0 Å². The topological polar surface area (TPSA) is 23.0 Å². The molecule has 0 unspecified atom stereocenters. The molecule has 0 bridgehead atoms. The standard InChI is InChI=1S/C50H28N2O/c1-2-14-32-29(11-1)12-10-21-41(32)52-42-20-7-5-17-38(42)47-43(52)25-23-36-37-24-26-45-48(39-18-6-8-22-44(39)53-45)50(37)51(49(36)47)31-27-30-13-9-19-35-33-15-3-4-16-34(33)40(28-31)46(30)35/h1-28H. The lowest BCUT2D eigenvalue weighted by Crippen LogP contribution is -1.97. The molecule has 12 aromatic rings. The molecule has 244 valence electrons. The zero-order valence-corrected chi connectivity index (χ0v) is 28.5. The molecule has 0 fully saturated rings. The molecule has 1 aliphatic carbocycles. The summed E-state index contributed by atoms with van der Waals surface area (Å²) in [6, 6.07) is 62.3. The molecule has 0 N–H and O–H groups in total. The van der Waals surface area contributed by atoms with Gasteiger partial charge in [-0.3, -0.25) is 0 Å². The molecule has 53 heavy (non-hydrogen) atoms. The molecule has 0 atom stereocenters. The van der Waals surface area contributed by atoms with E-state index >= 15 is 0 Å². The zero-order valence-electron chi connectivity index (χ0n) is 28.5. The van der Waals surface area contributed by atoms with Gasteiger partial charge in [0.25, 0.3) is 0 Å². The lowest BCUT2D eigenvalue weighted by Gasteiger charge is -2.14. The van der Waals surface area contributed by atoms with Crippen LogP contribution in [0.1, 0.15) is 0 Å². The van der Waals surface area contributed by atoms with E-state index in [4.69, 9.17) is 4.42 Å². The second-order valence-corrected chi connectivity index (χ2v) is 14.4. The first-order chi connectivity index (χ1) is 26.3. The van der Waals surface area contributed by atoms with Crippen molar-refractivity contribution in [2.24, 2.45) is 0 Å². The molecule has 0 spiro atoms. The van der Waals surface area contributed by atoms with Crippen molar-refractivity contribution in [2.45, 2.75) is 0 Å². The van der Waals surface area contributed by atoms with Crippen molar-refractivity contribution < 1.29 is 4.42 Å². The van der Waals surface area contributed by atoms with Crippen molar-refractivity contribution >= 4 is 87.1 Å². The van der Waals surface area contributed by atoms with E-state index in [1.807, 2.05) is 0 Å². The van der Waals surface area contributed by atoms with E-state index in [2.05, 4.69) is 179 Å². The maximum absolute atomic E-state index is 6.56. The Balaban J connectivity index is 1.27. The molecular formula is C50H28N2O. The number of hydrogen-bond acceptors (Lipinski definition) is 1. The minimum atomic E-state index is 0.898. The average Bonchev–Trinajstić information content (AvgIpc) is 3.95. The summed E-state index contributed by atoms with van der Waals surface area (Å²) in [7, 11) is 0. The first-order valence-electron chi connectivity index (χ1n) is 18.3. The van der Waals surface area contributed by atoms with E-state index < -0.39 is 0 Å². The Morgan fingerprint density at radius 2 is 1.00 bits per heavy atom. The molecule has 9 aromatic carbocycles. The van der Waals surface area contributed by atoms with Crippen LogP contribution in [0, 0.1) is 0 Å². The molecule has 3 heterocycles. The van der Waals surface area contributed by atoms with Crippen molar-refractivity contribution in [2.75, 3.05) is 0 Å². The van der Waals surface area contributed by atoms with Crippen molar-refractivity contribution in [1.82, 2.24) is 9.13 Å². The monoisotopic (exact) mass is 672 g/mol. The molecule has 0 amide bonds. The fourth-order valence-electron chi connectivity index (χ4n) is 9.70. The van der Waals surface area contributed by atoms with E-state index in [1.165, 1.54) is 93.1 Å². The summed E-state index contributed by atoms with van der Waals surface area (Å²) in [5.74, 6) is 0. The van der Waals surface area contributed by atoms with Crippen LogP contribution in [-0.4, -0.2) is 9.13 Å². The number of furan rings is 1. The smallest absolute Gasteiger partial charge is 0.137 e. The number of rotatable bonds is 2. The Morgan fingerprint density at radius 3 is 1.91 bits per heavy atom. The van der Waals surface area contributed by atoms with Crippen molar-refractivity contribution in [3.05, 3.63) is 170 Å². The van der Waals surface area contributed by atoms with Crippen LogP contribution in [0.5, 0.6) is 0 Å². The van der Waals surface area contributed by atoms with Crippen LogP contribution in [0.15, 0.2) is 174 Å². The molecule has 0 radical (unpaired) electrons. The molecule has 3 aromatic heterocycles. The normalized spacial score (nSPS) is 12.5. The SMILES string of the molecule is c1ccc2c(c1)-c1cccc3cc(-n4c5c(ccc6oc7ccccc7c65)c5ccc6c(c7ccccc7n6-c6cccc7ccccc67)c54)cc-2c13. The Kier molecular flexibility index (Phi) is 5.11. The van der Waals surface area contributed by atoms with Crippen molar-refractivity contribution in [3.8, 4) is 33.6 Å². The van der Waals surface area contributed by atoms with Gasteiger partial charge < -0.3 is 13.6 Å². The number of benzene rings is 9. The highest BCUT2D eigenvalue weighted by molar-refractivity contribution is 6.31. The first kappa shape index (κ1) is 27.6. The van der Waals surface area contributed by atoms with Crippen LogP contribution < -0.4 is 0 Å². The molecule has 1 aliphatic rings.